The molecular weight excluding hydrogens is 725 g/mol. The van der Waals surface area contributed by atoms with Crippen LogP contribution in [0.4, 0.5) is 0 Å². The molecule has 7 nitrogen and oxygen atoms in total. The van der Waals surface area contributed by atoms with Crippen molar-refractivity contribution in [1.82, 2.24) is 0 Å². The fourth-order valence-corrected chi connectivity index (χ4v) is 7.94. The second-order valence-electron chi connectivity index (χ2n) is 16.9. The molecule has 58 heavy (non-hydrogen) atoms. The lowest BCUT2D eigenvalue weighted by Crippen LogP contribution is -2.28. The molecule has 1 fully saturated rings. The molecule has 1 aliphatic carbocycles. The maximum absolute atomic E-state index is 12.2. The van der Waals surface area contributed by atoms with Crippen LogP contribution in [0.2, 0.25) is 0 Å². The number of aliphatic hydroxyl groups excluding tert-OH is 2. The molecule has 2 N–H and O–H groups in total. The van der Waals surface area contributed by atoms with Crippen molar-refractivity contribution in [3.05, 3.63) is 101 Å². The van der Waals surface area contributed by atoms with Crippen molar-refractivity contribution >= 4 is 11.9 Å². The lowest BCUT2D eigenvalue weighted by Gasteiger charge is -2.29. The van der Waals surface area contributed by atoms with Gasteiger partial charge in [-0.25, -0.2) is 9.59 Å². The highest BCUT2D eigenvalue weighted by Gasteiger charge is 2.24. The first-order valence-electron chi connectivity index (χ1n) is 21.8. The van der Waals surface area contributed by atoms with E-state index in [1.807, 2.05) is 6.92 Å². The van der Waals surface area contributed by atoms with Crippen LogP contribution < -0.4 is 4.74 Å². The van der Waals surface area contributed by atoms with Gasteiger partial charge >= 0.3 is 11.9 Å². The molecule has 0 saturated heterocycles. The number of carbonyl (C=O) groups is 2. The lowest BCUT2D eigenvalue weighted by atomic mass is 9.77. The number of hydrogen-bond donors (Lipinski definition) is 2. The van der Waals surface area contributed by atoms with Gasteiger partial charge in [-0.3, -0.25) is 0 Å². The van der Waals surface area contributed by atoms with Crippen LogP contribution in [0.3, 0.4) is 0 Å². The second-order valence-corrected chi connectivity index (χ2v) is 16.9. The first-order chi connectivity index (χ1) is 27.9. The largest absolute Gasteiger partial charge is 0.493 e. The number of aryl methyl sites for hydroxylation is 3. The fourth-order valence-electron chi connectivity index (χ4n) is 7.94. The number of carbonyl (C=O) groups excluding carboxylic acids is 2. The maximum Gasteiger partial charge on any atom is 0.333 e. The van der Waals surface area contributed by atoms with E-state index in [0.29, 0.717) is 55.8 Å². The van der Waals surface area contributed by atoms with E-state index in [-0.39, 0.29) is 26.4 Å². The van der Waals surface area contributed by atoms with Crippen LogP contribution in [-0.4, -0.2) is 55.2 Å². The summed E-state index contributed by atoms with van der Waals surface area (Å²) in [5.74, 6) is 1.47. The summed E-state index contributed by atoms with van der Waals surface area (Å²) in [7, 11) is 0. The molecule has 0 amide bonds. The minimum Gasteiger partial charge on any atom is -0.493 e. The SMILES string of the molecule is C=C(C)C(=O)OCCCc1cc(-c2ccc(-c3ccc(C4CCC(CCCCC)CC4)cc3)cc2CC)cc(CCCOC(=O)C(=C)C)c1OCCC(C)(CO)CO. The third-order valence-corrected chi connectivity index (χ3v) is 11.9. The normalized spacial score (nSPS) is 15.5. The van der Waals surface area contributed by atoms with E-state index in [1.54, 1.807) is 13.8 Å². The number of rotatable bonds is 24. The molecule has 0 bridgehead atoms. The Hall–Kier alpha value is -4.20. The summed E-state index contributed by atoms with van der Waals surface area (Å²) < 4.78 is 17.4. The first kappa shape index (κ1) is 46.5. The predicted octanol–water partition coefficient (Wildman–Crippen LogP) is 11.3. The molecule has 0 unspecified atom stereocenters. The monoisotopic (exact) mass is 795 g/mol. The molecule has 1 saturated carbocycles. The Morgan fingerprint density at radius 2 is 1.26 bits per heavy atom. The zero-order chi connectivity index (χ0) is 42.1. The number of hydrogen-bond acceptors (Lipinski definition) is 7. The van der Waals surface area contributed by atoms with Crippen LogP contribution in [0.15, 0.2) is 78.9 Å². The topological polar surface area (TPSA) is 102 Å². The summed E-state index contributed by atoms with van der Waals surface area (Å²) in [6.07, 6.45) is 14.4. The molecule has 3 aromatic rings. The van der Waals surface area contributed by atoms with Gasteiger partial charge in [0.1, 0.15) is 5.75 Å². The third kappa shape index (κ3) is 13.7. The van der Waals surface area contributed by atoms with Crippen molar-refractivity contribution in [2.45, 2.75) is 130 Å². The van der Waals surface area contributed by atoms with Crippen molar-refractivity contribution in [3.63, 3.8) is 0 Å². The molecule has 0 spiro atoms. The second kappa shape index (κ2) is 23.4. The highest BCUT2D eigenvalue weighted by Crippen LogP contribution is 2.40. The van der Waals surface area contributed by atoms with Gasteiger partial charge in [0.25, 0.3) is 0 Å². The Morgan fingerprint density at radius 3 is 1.78 bits per heavy atom. The molecule has 0 atom stereocenters. The van der Waals surface area contributed by atoms with Gasteiger partial charge in [0.2, 0.25) is 0 Å². The van der Waals surface area contributed by atoms with Crippen LogP contribution in [0.1, 0.15) is 133 Å². The van der Waals surface area contributed by atoms with Crippen LogP contribution in [0.25, 0.3) is 22.3 Å². The third-order valence-electron chi connectivity index (χ3n) is 11.9. The lowest BCUT2D eigenvalue weighted by molar-refractivity contribution is -0.139. The van der Waals surface area contributed by atoms with Crippen molar-refractivity contribution in [1.29, 1.82) is 0 Å². The van der Waals surface area contributed by atoms with Gasteiger partial charge in [-0.15, -0.1) is 0 Å². The summed E-state index contributed by atoms with van der Waals surface area (Å²) >= 11 is 0. The van der Waals surface area contributed by atoms with E-state index >= 15 is 0 Å². The van der Waals surface area contributed by atoms with Crippen molar-refractivity contribution in [2.24, 2.45) is 11.3 Å². The van der Waals surface area contributed by atoms with Gasteiger partial charge in [-0.2, -0.15) is 0 Å². The molecule has 0 radical (unpaired) electrons. The summed E-state index contributed by atoms with van der Waals surface area (Å²) in [5.41, 5.74) is 9.31. The summed E-state index contributed by atoms with van der Waals surface area (Å²) in [6.45, 7) is 17.4. The highest BCUT2D eigenvalue weighted by atomic mass is 16.5. The van der Waals surface area contributed by atoms with Gasteiger partial charge < -0.3 is 24.4 Å². The number of esters is 2. The summed E-state index contributed by atoms with van der Waals surface area (Å²) in [5, 5.41) is 19.9. The molecular formula is C51H70O7. The molecule has 316 valence electrons. The van der Waals surface area contributed by atoms with Crippen molar-refractivity contribution < 1.29 is 34.0 Å². The van der Waals surface area contributed by atoms with Crippen molar-refractivity contribution in [2.75, 3.05) is 33.0 Å². The number of unbranched alkanes of at least 4 members (excludes halogenated alkanes) is 2. The number of benzene rings is 3. The highest BCUT2D eigenvalue weighted by molar-refractivity contribution is 5.87. The molecule has 0 aromatic heterocycles. The van der Waals surface area contributed by atoms with Gasteiger partial charge in [0, 0.05) is 16.6 Å². The molecule has 0 aliphatic heterocycles. The fraction of sp³-hybridized carbons (Fsp3) is 0.529. The van der Waals surface area contributed by atoms with Crippen LogP contribution >= 0.6 is 0 Å². The molecule has 1 aliphatic rings. The molecule has 4 rings (SSSR count). The minimum atomic E-state index is -0.682. The van der Waals surface area contributed by atoms with Crippen LogP contribution in [-0.2, 0) is 38.3 Å². The van der Waals surface area contributed by atoms with E-state index < -0.39 is 17.4 Å². The number of aliphatic hydroxyl groups is 2. The van der Waals surface area contributed by atoms with E-state index in [2.05, 4.69) is 81.6 Å². The first-order valence-corrected chi connectivity index (χ1v) is 21.8. The summed E-state index contributed by atoms with van der Waals surface area (Å²) in [6, 6.07) is 20.4. The molecule has 3 aromatic carbocycles. The standard InChI is InChI=1S/C51H70O7/c1-8-10-11-14-38-17-19-40(20-18-38)41-21-23-42(24-22-41)43-25-26-47(39(9-2)31-43)46-32-44(15-12-28-57-49(54)36(3)4)48(56-30-27-51(7,34-52)35-53)45(33-46)16-13-29-58-50(55)37(5)6/h21-26,31-33,38,40,52-53H,3,5,8-20,27-30,34-35H2,1-2,4,6-7H3. The smallest absolute Gasteiger partial charge is 0.333 e. The van der Waals surface area contributed by atoms with E-state index in [9.17, 15) is 19.8 Å². The maximum atomic E-state index is 12.2. The Bertz CT molecular complexity index is 1740. The average molecular weight is 795 g/mol. The zero-order valence-electron chi connectivity index (χ0n) is 36.1. The Morgan fingerprint density at radius 1 is 0.707 bits per heavy atom. The van der Waals surface area contributed by atoms with Gasteiger partial charge in [-0.05, 0) is 147 Å². The average Bonchev–Trinajstić information content (AvgIpc) is 3.24. The van der Waals surface area contributed by atoms with Crippen LogP contribution in [0.5, 0.6) is 5.75 Å². The minimum absolute atomic E-state index is 0.159. The Labute approximate surface area is 348 Å². The number of ether oxygens (including phenoxy) is 3. The van der Waals surface area contributed by atoms with Gasteiger partial charge in [-0.1, -0.05) is 102 Å². The van der Waals surface area contributed by atoms with Gasteiger partial charge in [0.15, 0.2) is 0 Å². The Kier molecular flexibility index (Phi) is 18.8. The quantitative estimate of drug-likeness (QED) is 0.0529. The van der Waals surface area contributed by atoms with Crippen molar-refractivity contribution in [3.8, 4) is 28.0 Å². The van der Waals surface area contributed by atoms with Crippen LogP contribution in [0, 0.1) is 11.3 Å². The molecule has 0 heterocycles. The van der Waals surface area contributed by atoms with E-state index in [0.717, 1.165) is 40.3 Å². The zero-order valence-corrected chi connectivity index (χ0v) is 36.1. The van der Waals surface area contributed by atoms with E-state index in [4.69, 9.17) is 14.2 Å². The Balaban J connectivity index is 1.63. The van der Waals surface area contributed by atoms with Gasteiger partial charge in [0.05, 0.1) is 33.0 Å². The summed E-state index contributed by atoms with van der Waals surface area (Å²) in [4.78, 5) is 24.3. The molecule has 7 heteroatoms. The predicted molar refractivity (Wildman–Crippen MR) is 236 cm³/mol. The van der Waals surface area contributed by atoms with E-state index in [1.165, 1.54) is 73.6 Å².